The number of nitrogens with one attached hydrogen (secondary N) is 1. The average Bonchev–Trinajstić information content (AvgIpc) is 2.92. The van der Waals surface area contributed by atoms with Gasteiger partial charge < -0.3 is 9.40 Å². The van der Waals surface area contributed by atoms with Crippen molar-refractivity contribution >= 4 is 11.1 Å². The van der Waals surface area contributed by atoms with Crippen molar-refractivity contribution in [3.63, 3.8) is 0 Å². The Balaban J connectivity index is 2.11. The van der Waals surface area contributed by atoms with Gasteiger partial charge in [0.2, 0.25) is 5.89 Å². The van der Waals surface area contributed by atoms with Gasteiger partial charge in [0, 0.05) is 11.3 Å². The van der Waals surface area contributed by atoms with E-state index in [1.807, 2.05) is 45.0 Å². The highest BCUT2D eigenvalue weighted by Gasteiger charge is 2.20. The molecule has 3 aromatic rings. The summed E-state index contributed by atoms with van der Waals surface area (Å²) in [6.07, 6.45) is 0.884. The van der Waals surface area contributed by atoms with Crippen molar-refractivity contribution in [2.45, 2.75) is 40.0 Å². The van der Waals surface area contributed by atoms with Crippen molar-refractivity contribution in [1.29, 1.82) is 0 Å². The molecule has 2 heterocycles. The van der Waals surface area contributed by atoms with E-state index in [1.54, 1.807) is 0 Å². The lowest BCUT2D eigenvalue weighted by Crippen LogP contribution is -2.18. The third-order valence-corrected chi connectivity index (χ3v) is 4.23. The predicted molar refractivity (Wildman–Crippen MR) is 87.4 cm³/mol. The average molecular weight is 296 g/mol. The first kappa shape index (κ1) is 14.6. The summed E-state index contributed by atoms with van der Waals surface area (Å²) in [5, 5.41) is 0. The number of hydrogen-bond acceptors (Lipinski definition) is 3. The quantitative estimate of drug-likeness (QED) is 0.798. The molecule has 1 N–H and O–H groups in total. The molecule has 4 nitrogen and oxygen atoms in total. The number of aryl methyl sites for hydroxylation is 3. The largest absolute Gasteiger partial charge is 0.440 e. The van der Waals surface area contributed by atoms with Gasteiger partial charge in [0.25, 0.3) is 5.56 Å². The fraction of sp³-hybridized carbons (Fsp3) is 0.333. The number of aromatic nitrogens is 2. The maximum atomic E-state index is 12.3. The highest BCUT2D eigenvalue weighted by Crippen LogP contribution is 2.27. The van der Waals surface area contributed by atoms with Gasteiger partial charge in [-0.1, -0.05) is 19.1 Å². The maximum Gasteiger partial charge on any atom is 0.252 e. The molecule has 2 aromatic heterocycles. The van der Waals surface area contributed by atoms with E-state index in [0.29, 0.717) is 11.5 Å². The van der Waals surface area contributed by atoms with Gasteiger partial charge in [-0.05, 0) is 50.5 Å². The molecule has 0 aliphatic heterocycles. The number of nitrogens with zero attached hydrogens (tertiary/aromatic N) is 1. The van der Waals surface area contributed by atoms with Crippen molar-refractivity contribution in [2.75, 3.05) is 0 Å². The molecule has 0 saturated heterocycles. The molecule has 0 amide bonds. The molecule has 114 valence electrons. The molecule has 0 bridgehead atoms. The Morgan fingerprint density at radius 3 is 2.77 bits per heavy atom. The minimum absolute atomic E-state index is 0.0684. The van der Waals surface area contributed by atoms with E-state index in [1.165, 1.54) is 0 Å². The fourth-order valence-electron chi connectivity index (χ4n) is 2.79. The van der Waals surface area contributed by atoms with Crippen LogP contribution >= 0.6 is 0 Å². The third kappa shape index (κ3) is 2.34. The van der Waals surface area contributed by atoms with E-state index in [2.05, 4.69) is 16.9 Å². The lowest BCUT2D eigenvalue weighted by molar-refractivity contribution is 0.510. The van der Waals surface area contributed by atoms with Crippen molar-refractivity contribution < 1.29 is 4.42 Å². The predicted octanol–water partition coefficient (Wildman–Crippen LogP) is 3.85. The van der Waals surface area contributed by atoms with Crippen molar-refractivity contribution in [2.24, 2.45) is 0 Å². The van der Waals surface area contributed by atoms with Crippen molar-refractivity contribution in [3.8, 4) is 0 Å². The molecule has 3 rings (SSSR count). The Hall–Kier alpha value is -2.36. The van der Waals surface area contributed by atoms with E-state index in [0.717, 1.165) is 34.3 Å². The lowest BCUT2D eigenvalue weighted by Gasteiger charge is -2.10. The zero-order valence-electron chi connectivity index (χ0n) is 13.4. The number of fused-ring (bicyclic) bond motifs is 1. The number of aromatic amines is 1. The second-order valence-electron chi connectivity index (χ2n) is 5.75. The van der Waals surface area contributed by atoms with Crippen LogP contribution in [-0.2, 0) is 6.42 Å². The van der Waals surface area contributed by atoms with E-state index in [9.17, 15) is 4.79 Å². The van der Waals surface area contributed by atoms with Crippen LogP contribution in [0, 0.1) is 13.8 Å². The molecular formula is C18H20N2O2. The SMILES string of the molecule is CCc1cc(C(C)c2nc3c(C)cccc3o2)c(=O)[nH]c1C. The summed E-state index contributed by atoms with van der Waals surface area (Å²) >= 11 is 0. The van der Waals surface area contributed by atoms with Crippen LogP contribution in [0.25, 0.3) is 11.1 Å². The summed E-state index contributed by atoms with van der Waals surface area (Å²) in [6.45, 7) is 7.97. The van der Waals surface area contributed by atoms with E-state index >= 15 is 0 Å². The van der Waals surface area contributed by atoms with Crippen LogP contribution < -0.4 is 5.56 Å². The molecule has 0 fully saturated rings. The van der Waals surface area contributed by atoms with Gasteiger partial charge >= 0.3 is 0 Å². The molecule has 4 heteroatoms. The molecule has 0 spiro atoms. The second-order valence-corrected chi connectivity index (χ2v) is 5.75. The molecule has 1 atom stereocenters. The number of benzene rings is 1. The summed E-state index contributed by atoms with van der Waals surface area (Å²) in [5.41, 5.74) is 5.41. The Morgan fingerprint density at radius 1 is 1.32 bits per heavy atom. The molecule has 0 aliphatic carbocycles. The van der Waals surface area contributed by atoms with Crippen LogP contribution in [0.3, 0.4) is 0 Å². The van der Waals surface area contributed by atoms with Gasteiger partial charge in [0.1, 0.15) is 5.52 Å². The van der Waals surface area contributed by atoms with Crippen LogP contribution in [0.4, 0.5) is 0 Å². The smallest absolute Gasteiger partial charge is 0.252 e. The van der Waals surface area contributed by atoms with E-state index in [-0.39, 0.29) is 11.5 Å². The van der Waals surface area contributed by atoms with Crippen LogP contribution in [0.15, 0.2) is 33.5 Å². The van der Waals surface area contributed by atoms with Gasteiger partial charge in [-0.3, -0.25) is 4.79 Å². The minimum Gasteiger partial charge on any atom is -0.440 e. The minimum atomic E-state index is -0.179. The standard InChI is InChI=1S/C18H20N2O2/c1-5-13-9-14(17(21)19-12(13)4)11(3)18-20-16-10(2)7-6-8-15(16)22-18/h6-9,11H,5H2,1-4H3,(H,19,21). The summed E-state index contributed by atoms with van der Waals surface area (Å²) in [6, 6.07) is 7.83. The second kappa shape index (κ2) is 5.44. The molecule has 22 heavy (non-hydrogen) atoms. The maximum absolute atomic E-state index is 12.3. The Labute approximate surface area is 129 Å². The number of pyridine rings is 1. The zero-order chi connectivity index (χ0) is 15.9. The highest BCUT2D eigenvalue weighted by atomic mass is 16.3. The number of oxazole rings is 1. The van der Waals surface area contributed by atoms with Gasteiger partial charge in [-0.15, -0.1) is 0 Å². The van der Waals surface area contributed by atoms with Crippen molar-refractivity contribution in [1.82, 2.24) is 9.97 Å². The van der Waals surface area contributed by atoms with E-state index in [4.69, 9.17) is 4.42 Å². The van der Waals surface area contributed by atoms with Gasteiger partial charge in [0.15, 0.2) is 5.58 Å². The van der Waals surface area contributed by atoms with Gasteiger partial charge in [-0.2, -0.15) is 0 Å². The molecular weight excluding hydrogens is 276 g/mol. The van der Waals surface area contributed by atoms with Crippen LogP contribution in [0.5, 0.6) is 0 Å². The molecule has 1 unspecified atom stereocenters. The van der Waals surface area contributed by atoms with Crippen LogP contribution in [0.1, 0.15) is 48.0 Å². The molecule has 0 radical (unpaired) electrons. The first-order valence-electron chi connectivity index (χ1n) is 7.60. The van der Waals surface area contributed by atoms with Gasteiger partial charge in [0.05, 0.1) is 5.92 Å². The number of hydrogen-bond donors (Lipinski definition) is 1. The Kier molecular flexibility index (Phi) is 3.61. The summed E-state index contributed by atoms with van der Waals surface area (Å²) < 4.78 is 5.86. The first-order valence-corrected chi connectivity index (χ1v) is 7.60. The summed E-state index contributed by atoms with van der Waals surface area (Å²) in [4.78, 5) is 19.8. The lowest BCUT2D eigenvalue weighted by atomic mass is 9.99. The first-order chi connectivity index (χ1) is 10.5. The zero-order valence-corrected chi connectivity index (χ0v) is 13.4. The molecule has 1 aromatic carbocycles. The third-order valence-electron chi connectivity index (χ3n) is 4.23. The Morgan fingerprint density at radius 2 is 2.09 bits per heavy atom. The van der Waals surface area contributed by atoms with Gasteiger partial charge in [-0.25, -0.2) is 4.98 Å². The van der Waals surface area contributed by atoms with Crippen LogP contribution in [-0.4, -0.2) is 9.97 Å². The molecule has 0 aliphatic rings. The number of rotatable bonds is 3. The normalized spacial score (nSPS) is 12.7. The topological polar surface area (TPSA) is 58.9 Å². The van der Waals surface area contributed by atoms with Crippen LogP contribution in [0.2, 0.25) is 0 Å². The summed E-state index contributed by atoms with van der Waals surface area (Å²) in [7, 11) is 0. The molecule has 0 saturated carbocycles. The number of H-pyrrole nitrogens is 1. The summed E-state index contributed by atoms with van der Waals surface area (Å²) in [5.74, 6) is 0.405. The highest BCUT2D eigenvalue weighted by molar-refractivity contribution is 5.76. The number of para-hydroxylation sites is 1. The Bertz CT molecular complexity index is 890. The van der Waals surface area contributed by atoms with E-state index < -0.39 is 0 Å². The fourth-order valence-corrected chi connectivity index (χ4v) is 2.79. The monoisotopic (exact) mass is 296 g/mol. The van der Waals surface area contributed by atoms with Crippen molar-refractivity contribution in [3.05, 3.63) is 62.9 Å².